The number of aliphatic imine (C=N–C) groups is 1. The maximum atomic E-state index is 5.49. The minimum atomic E-state index is -0.112. The van der Waals surface area contributed by atoms with Crippen LogP contribution in [0.15, 0.2) is 167 Å². The van der Waals surface area contributed by atoms with E-state index in [0.29, 0.717) is 26.2 Å². The molecule has 1 saturated carbocycles. The van der Waals surface area contributed by atoms with Gasteiger partial charge in [-0.1, -0.05) is 87.5 Å². The van der Waals surface area contributed by atoms with Crippen LogP contribution in [-0.4, -0.2) is 39.2 Å². The number of nitrogens with zero attached hydrogens (tertiary/aromatic N) is 6. The number of hydrogen-bond donors (Lipinski definition) is 1. The number of quaternary nitrogens is 1. The number of nitrogens with one attached hydrogen (secondary N) is 1. The summed E-state index contributed by atoms with van der Waals surface area (Å²) in [6.45, 7) is 15.3. The molecule has 306 valence electrons. The van der Waals surface area contributed by atoms with Gasteiger partial charge in [0.05, 0.1) is 54.0 Å². The molecule has 60 heavy (non-hydrogen) atoms. The smallest absolute Gasteiger partial charge is 0.141 e. The predicted molar refractivity (Wildman–Crippen MR) is 248 cm³/mol. The van der Waals surface area contributed by atoms with Gasteiger partial charge < -0.3 is 5.32 Å². The first kappa shape index (κ1) is 41.0. The van der Waals surface area contributed by atoms with Crippen LogP contribution >= 0.6 is 0 Å². The predicted octanol–water partition coefficient (Wildman–Crippen LogP) is 11.6. The normalized spacial score (nSPS) is 22.5. The summed E-state index contributed by atoms with van der Waals surface area (Å²) in [6.07, 6.45) is 17.3. The van der Waals surface area contributed by atoms with Crippen LogP contribution in [0.25, 0.3) is 0 Å². The molecule has 0 radical (unpaired) electrons. The van der Waals surface area contributed by atoms with Gasteiger partial charge in [0.15, 0.2) is 0 Å². The van der Waals surface area contributed by atoms with Gasteiger partial charge in [-0.15, -0.1) is 0 Å². The van der Waals surface area contributed by atoms with Crippen LogP contribution in [0, 0.1) is 0 Å². The summed E-state index contributed by atoms with van der Waals surface area (Å²) in [5.74, 6) is 0. The van der Waals surface area contributed by atoms with Crippen molar-refractivity contribution in [3.63, 3.8) is 0 Å². The maximum absolute atomic E-state index is 5.49. The zero-order chi connectivity index (χ0) is 41.7. The van der Waals surface area contributed by atoms with Gasteiger partial charge in [-0.2, -0.15) is 0 Å². The number of aromatic nitrogens is 3. The van der Waals surface area contributed by atoms with Gasteiger partial charge >= 0.3 is 0 Å². The minimum Gasteiger partial charge on any atom is -0.358 e. The summed E-state index contributed by atoms with van der Waals surface area (Å²) < 4.78 is 0.834. The average molecular weight is 795 g/mol. The van der Waals surface area contributed by atoms with Crippen molar-refractivity contribution in [2.45, 2.75) is 97.3 Å². The summed E-state index contributed by atoms with van der Waals surface area (Å²) in [5.41, 5.74) is 15.5. The van der Waals surface area contributed by atoms with Gasteiger partial charge in [-0.25, -0.2) is 0 Å². The molecule has 0 bridgehead atoms. The quantitative estimate of drug-likeness (QED) is 0.127. The van der Waals surface area contributed by atoms with Gasteiger partial charge in [0.1, 0.15) is 11.4 Å². The number of rotatable bonds is 12. The Kier molecular flexibility index (Phi) is 11.9. The van der Waals surface area contributed by atoms with Gasteiger partial charge in [-0.3, -0.25) is 29.3 Å². The number of likely N-dealkylation sites (N-methyl/N-ethyl adjacent to an activating group) is 1. The van der Waals surface area contributed by atoms with E-state index in [0.717, 1.165) is 65.2 Å². The third kappa shape index (κ3) is 8.47. The van der Waals surface area contributed by atoms with Crippen molar-refractivity contribution < 1.29 is 0 Å². The highest BCUT2D eigenvalue weighted by Gasteiger charge is 2.50. The van der Waals surface area contributed by atoms with Crippen LogP contribution in [0.1, 0.15) is 94.2 Å². The fraction of sp³-hybridized carbons (Fsp3) is 0.321. The summed E-state index contributed by atoms with van der Waals surface area (Å²) in [7, 11) is 2.40. The van der Waals surface area contributed by atoms with E-state index in [9.17, 15) is 0 Å². The second-order valence-electron chi connectivity index (χ2n) is 17.8. The van der Waals surface area contributed by atoms with E-state index in [1.807, 2.05) is 36.7 Å². The molecule has 1 unspecified atom stereocenters. The Balaban J connectivity index is 1.14. The third-order valence-corrected chi connectivity index (χ3v) is 12.8. The fourth-order valence-corrected chi connectivity index (χ4v) is 9.72. The molecule has 3 aliphatic rings. The lowest BCUT2D eigenvalue weighted by molar-refractivity contribution is 0.238. The molecule has 1 aliphatic carbocycles. The first-order valence-corrected chi connectivity index (χ1v) is 21.7. The van der Waals surface area contributed by atoms with Crippen LogP contribution in [0.3, 0.4) is 0 Å². The molecule has 1 N–H and O–H groups in total. The first-order valence-electron chi connectivity index (χ1n) is 21.7. The molecule has 5 aromatic rings. The monoisotopic (exact) mass is 794 g/mol. The van der Waals surface area contributed by atoms with E-state index < -0.39 is 0 Å². The summed E-state index contributed by atoms with van der Waals surface area (Å²) in [6, 6.07) is 36.2. The highest BCUT2D eigenvalue weighted by atomic mass is 15.4. The summed E-state index contributed by atoms with van der Waals surface area (Å²) >= 11 is 0. The highest BCUT2D eigenvalue weighted by molar-refractivity contribution is 6.13. The molecule has 0 saturated heterocycles. The lowest BCUT2D eigenvalue weighted by Gasteiger charge is -2.33. The fourth-order valence-electron chi connectivity index (χ4n) is 9.72. The van der Waals surface area contributed by atoms with Gasteiger partial charge in [0.25, 0.3) is 0 Å². The average Bonchev–Trinajstić information content (AvgIpc) is 3.61. The Bertz CT molecular complexity index is 2430. The second-order valence-corrected chi connectivity index (χ2v) is 17.8. The SMILES string of the molecule is CCC[N+]1(C)/C(=C/C=C2\CCC/C(=C\C=C3\Nc4ccccc4C3(C)C)C2=NCc2cccc(CN(Cc3ccccn3)Cc3ccccn3)n2)C(C)(C)c2ccccc21. The minimum absolute atomic E-state index is 0.0905. The lowest BCUT2D eigenvalue weighted by atomic mass is 9.82. The Labute approximate surface area is 357 Å². The van der Waals surface area contributed by atoms with Crippen molar-refractivity contribution in [2.75, 3.05) is 18.9 Å². The van der Waals surface area contributed by atoms with Crippen molar-refractivity contribution >= 4 is 17.1 Å². The largest absolute Gasteiger partial charge is 0.358 e. The second kappa shape index (κ2) is 17.5. The zero-order valence-electron chi connectivity index (χ0n) is 36.3. The highest BCUT2D eigenvalue weighted by Crippen LogP contribution is 2.51. The van der Waals surface area contributed by atoms with Crippen molar-refractivity contribution in [3.8, 4) is 0 Å². The van der Waals surface area contributed by atoms with Crippen molar-refractivity contribution in [3.05, 3.63) is 196 Å². The molecule has 8 rings (SSSR count). The Morgan fingerprint density at radius 3 is 1.93 bits per heavy atom. The Morgan fingerprint density at radius 1 is 0.667 bits per heavy atom. The van der Waals surface area contributed by atoms with Crippen LogP contribution in [-0.2, 0) is 37.0 Å². The van der Waals surface area contributed by atoms with Crippen molar-refractivity contribution in [1.29, 1.82) is 0 Å². The zero-order valence-corrected chi connectivity index (χ0v) is 36.3. The lowest BCUT2D eigenvalue weighted by Crippen LogP contribution is -2.44. The van der Waals surface area contributed by atoms with Crippen molar-refractivity contribution in [1.82, 2.24) is 24.3 Å². The first-order chi connectivity index (χ1) is 29.1. The van der Waals surface area contributed by atoms with E-state index in [2.05, 4.69) is 165 Å². The molecule has 1 atom stereocenters. The maximum Gasteiger partial charge on any atom is 0.141 e. The molecule has 3 aromatic heterocycles. The number of allylic oxidation sites excluding steroid dienone is 8. The Hall–Kier alpha value is -5.76. The van der Waals surface area contributed by atoms with E-state index in [1.54, 1.807) is 0 Å². The molecule has 2 aliphatic heterocycles. The number of hydrogen-bond acceptors (Lipinski definition) is 6. The van der Waals surface area contributed by atoms with E-state index in [1.165, 1.54) is 45.0 Å². The molecule has 7 nitrogen and oxygen atoms in total. The molecule has 5 heterocycles. The van der Waals surface area contributed by atoms with Gasteiger partial charge in [0, 0.05) is 54.4 Å². The molecule has 1 fully saturated rings. The number of benzene rings is 2. The molecule has 0 amide bonds. The standard InChI is InChI=1S/C53H60N7/c1-7-34-60(6)48-27-11-9-25-46(48)53(4,5)50(60)31-29-40-19-16-18-39(28-30-49-52(2,3)45-24-8-10-26-47(45)58-49)51(40)56-35-41-22-17-23-44(57-41)38-59(36-42-20-12-14-32-54-42)37-43-21-13-15-33-55-43/h8-15,17,20-33,58H,7,16,18-19,34-38H2,1-6H3/q+1/b39-28+,40-29+,49-30+,50-31+,56-51?. The van der Waals surface area contributed by atoms with Crippen LogP contribution in [0.2, 0.25) is 0 Å². The molecular formula is C53H60N7+. The topological polar surface area (TPSA) is 66.3 Å². The van der Waals surface area contributed by atoms with Gasteiger partial charge in [0.2, 0.25) is 0 Å². The number of para-hydroxylation sites is 2. The van der Waals surface area contributed by atoms with Crippen LogP contribution in [0.5, 0.6) is 0 Å². The van der Waals surface area contributed by atoms with E-state index in [-0.39, 0.29) is 10.8 Å². The van der Waals surface area contributed by atoms with Crippen LogP contribution in [0.4, 0.5) is 11.4 Å². The molecule has 0 spiro atoms. The summed E-state index contributed by atoms with van der Waals surface area (Å²) in [5, 5.41) is 3.73. The van der Waals surface area contributed by atoms with Gasteiger partial charge in [-0.05, 0) is 117 Å². The molecule has 2 aromatic carbocycles. The van der Waals surface area contributed by atoms with E-state index >= 15 is 0 Å². The number of fused-ring (bicyclic) bond motifs is 2. The van der Waals surface area contributed by atoms with Crippen molar-refractivity contribution in [2.24, 2.45) is 4.99 Å². The van der Waals surface area contributed by atoms with E-state index in [4.69, 9.17) is 9.98 Å². The number of anilines is 1. The number of pyridine rings is 3. The third-order valence-electron chi connectivity index (χ3n) is 12.8. The summed E-state index contributed by atoms with van der Waals surface area (Å²) in [4.78, 5) is 22.3. The molecule has 7 heteroatoms. The van der Waals surface area contributed by atoms with Crippen LogP contribution < -0.4 is 9.80 Å². The molecular weight excluding hydrogens is 735 g/mol. The Morgan fingerprint density at radius 2 is 1.27 bits per heavy atom.